The Balaban J connectivity index is 1.98. The number of nitrogens with two attached hydrogens (primary N) is 1. The van der Waals surface area contributed by atoms with Crippen LogP contribution >= 0.6 is 0 Å². The van der Waals surface area contributed by atoms with Crippen LogP contribution in [-0.4, -0.2) is 40.6 Å². The minimum Gasteiger partial charge on any atom is -0.493 e. The molecule has 0 radical (unpaired) electrons. The molecule has 160 valence electrons. The molecule has 10 heteroatoms. The summed E-state index contributed by atoms with van der Waals surface area (Å²) in [7, 11) is 1.23. The minimum absolute atomic E-state index is 0.00765. The molecule has 0 aliphatic carbocycles. The number of carbonyl (C=O) groups is 2. The lowest BCUT2D eigenvalue weighted by Gasteiger charge is -2.25. The van der Waals surface area contributed by atoms with Crippen molar-refractivity contribution in [2.24, 2.45) is 11.7 Å². The Morgan fingerprint density at radius 3 is 2.60 bits per heavy atom. The van der Waals surface area contributed by atoms with E-state index >= 15 is 0 Å². The fourth-order valence-corrected chi connectivity index (χ4v) is 3.61. The number of primary amides is 1. The van der Waals surface area contributed by atoms with Gasteiger partial charge in [-0.1, -0.05) is 13.0 Å². The zero-order valence-electron chi connectivity index (χ0n) is 16.9. The van der Waals surface area contributed by atoms with Crippen molar-refractivity contribution in [3.05, 3.63) is 47.4 Å². The maximum Gasteiger partial charge on any atom is 0.268 e. The van der Waals surface area contributed by atoms with E-state index in [-0.39, 0.29) is 23.2 Å². The van der Waals surface area contributed by atoms with Crippen molar-refractivity contribution in [2.75, 3.05) is 12.4 Å². The summed E-state index contributed by atoms with van der Waals surface area (Å²) in [5.41, 5.74) is 4.63. The fourth-order valence-electron chi connectivity index (χ4n) is 3.61. The molecule has 1 aliphatic rings. The van der Waals surface area contributed by atoms with Crippen LogP contribution in [0, 0.1) is 17.6 Å². The first-order valence-corrected chi connectivity index (χ1v) is 9.19. The van der Waals surface area contributed by atoms with Crippen molar-refractivity contribution in [1.29, 1.82) is 0 Å². The molecule has 2 amide bonds. The van der Waals surface area contributed by atoms with Gasteiger partial charge in [0.2, 0.25) is 5.82 Å². The van der Waals surface area contributed by atoms with E-state index < -0.39 is 41.1 Å². The number of methoxy groups -OCH3 is 1. The SMILES string of the molecule is COc1c([C@H]2[C@H](C(=O)Nc3cncc(C(N)=O)n3)OC(C)(C)[C@H]2C)ccc(F)c1F. The Kier molecular flexibility index (Phi) is 5.71. The van der Waals surface area contributed by atoms with Gasteiger partial charge in [0.05, 0.1) is 25.1 Å². The molecule has 1 aliphatic heterocycles. The van der Waals surface area contributed by atoms with E-state index in [2.05, 4.69) is 15.3 Å². The number of nitrogens with one attached hydrogen (secondary N) is 1. The number of halogens is 2. The molecular formula is C20H22F2N4O4. The van der Waals surface area contributed by atoms with Crippen LogP contribution in [0.2, 0.25) is 0 Å². The summed E-state index contributed by atoms with van der Waals surface area (Å²) in [4.78, 5) is 32.1. The molecule has 30 heavy (non-hydrogen) atoms. The maximum atomic E-state index is 14.3. The van der Waals surface area contributed by atoms with Gasteiger partial charge >= 0.3 is 0 Å². The molecule has 1 aromatic carbocycles. The Morgan fingerprint density at radius 1 is 1.27 bits per heavy atom. The van der Waals surface area contributed by atoms with Crippen molar-refractivity contribution in [3.8, 4) is 5.75 Å². The van der Waals surface area contributed by atoms with E-state index in [1.165, 1.54) is 25.6 Å². The van der Waals surface area contributed by atoms with E-state index in [1.54, 1.807) is 13.8 Å². The molecule has 3 N–H and O–H groups in total. The quantitative estimate of drug-likeness (QED) is 0.767. The number of nitrogens with zero attached hydrogens (tertiary/aromatic N) is 2. The molecule has 2 aromatic rings. The number of anilines is 1. The highest BCUT2D eigenvalue weighted by Gasteiger charge is 2.51. The summed E-state index contributed by atoms with van der Waals surface area (Å²) < 4.78 is 39.1. The maximum absolute atomic E-state index is 14.3. The van der Waals surface area contributed by atoms with Gasteiger partial charge < -0.3 is 20.5 Å². The Bertz CT molecular complexity index is 999. The smallest absolute Gasteiger partial charge is 0.268 e. The Hall–Kier alpha value is -3.14. The van der Waals surface area contributed by atoms with E-state index in [4.69, 9.17) is 15.2 Å². The molecule has 0 bridgehead atoms. The lowest BCUT2D eigenvalue weighted by atomic mass is 9.78. The number of carbonyl (C=O) groups excluding carboxylic acids is 2. The molecule has 3 atom stereocenters. The number of rotatable bonds is 5. The summed E-state index contributed by atoms with van der Waals surface area (Å²) >= 11 is 0. The van der Waals surface area contributed by atoms with Crippen molar-refractivity contribution in [1.82, 2.24) is 9.97 Å². The Morgan fingerprint density at radius 2 is 1.97 bits per heavy atom. The fraction of sp³-hybridized carbons (Fsp3) is 0.400. The van der Waals surface area contributed by atoms with Gasteiger partial charge in [0.25, 0.3) is 11.8 Å². The van der Waals surface area contributed by atoms with Gasteiger partial charge in [-0.15, -0.1) is 0 Å². The third-order valence-corrected chi connectivity index (χ3v) is 5.43. The summed E-state index contributed by atoms with van der Waals surface area (Å²) in [5, 5.41) is 2.55. The summed E-state index contributed by atoms with van der Waals surface area (Å²) in [5.74, 6) is -4.73. The molecule has 0 saturated carbocycles. The van der Waals surface area contributed by atoms with Crippen LogP contribution in [0.3, 0.4) is 0 Å². The van der Waals surface area contributed by atoms with Crippen LogP contribution < -0.4 is 15.8 Å². The summed E-state index contributed by atoms with van der Waals surface area (Å²) in [6.07, 6.45) is 1.36. The van der Waals surface area contributed by atoms with Crippen LogP contribution in [0.25, 0.3) is 0 Å². The molecule has 8 nitrogen and oxygen atoms in total. The predicted octanol–water partition coefficient (Wildman–Crippen LogP) is 2.40. The highest BCUT2D eigenvalue weighted by atomic mass is 19.2. The number of aromatic nitrogens is 2. The van der Waals surface area contributed by atoms with Gasteiger partial charge in [0.15, 0.2) is 17.4 Å². The zero-order valence-corrected chi connectivity index (χ0v) is 16.9. The van der Waals surface area contributed by atoms with Gasteiger partial charge in [0, 0.05) is 11.5 Å². The first kappa shape index (κ1) is 21.6. The number of hydrogen-bond donors (Lipinski definition) is 2. The number of amides is 2. The average molecular weight is 420 g/mol. The third kappa shape index (κ3) is 3.82. The highest BCUT2D eigenvalue weighted by molar-refractivity contribution is 5.95. The van der Waals surface area contributed by atoms with Crippen molar-refractivity contribution in [2.45, 2.75) is 38.4 Å². The van der Waals surface area contributed by atoms with Crippen molar-refractivity contribution in [3.63, 3.8) is 0 Å². The van der Waals surface area contributed by atoms with Crippen molar-refractivity contribution < 1.29 is 27.8 Å². The third-order valence-electron chi connectivity index (χ3n) is 5.43. The molecule has 0 unspecified atom stereocenters. The summed E-state index contributed by atoms with van der Waals surface area (Å²) in [6.45, 7) is 5.46. The molecule has 1 fully saturated rings. The van der Waals surface area contributed by atoms with Gasteiger partial charge in [-0.3, -0.25) is 14.6 Å². The molecular weight excluding hydrogens is 398 g/mol. The average Bonchev–Trinajstić information content (AvgIpc) is 2.93. The lowest BCUT2D eigenvalue weighted by Crippen LogP contribution is -2.33. The van der Waals surface area contributed by atoms with E-state index in [1.807, 2.05) is 6.92 Å². The van der Waals surface area contributed by atoms with Gasteiger partial charge in [-0.25, -0.2) is 9.37 Å². The van der Waals surface area contributed by atoms with Crippen LogP contribution in [-0.2, 0) is 9.53 Å². The molecule has 3 rings (SSSR count). The highest BCUT2D eigenvalue weighted by Crippen LogP contribution is 2.49. The lowest BCUT2D eigenvalue weighted by molar-refractivity contribution is -0.131. The molecule has 1 saturated heterocycles. The standard InChI is InChI=1S/C20H22F2N4O4/c1-9-14(10-5-6-11(21)15(22)16(10)29-4)17(30-20(9,2)3)19(28)26-13-8-24-7-12(25-13)18(23)27/h5-9,14,17H,1-4H3,(H2,23,27)(H,25,26,28)/t9-,14-,17+/m0/s1. The van der Waals surface area contributed by atoms with E-state index in [0.717, 1.165) is 6.07 Å². The second-order valence-corrected chi connectivity index (χ2v) is 7.58. The minimum atomic E-state index is -1.13. The van der Waals surface area contributed by atoms with Gasteiger partial charge in [-0.2, -0.15) is 4.39 Å². The van der Waals surface area contributed by atoms with Crippen LogP contribution in [0.15, 0.2) is 24.5 Å². The van der Waals surface area contributed by atoms with Crippen LogP contribution in [0.4, 0.5) is 14.6 Å². The second-order valence-electron chi connectivity index (χ2n) is 7.58. The van der Waals surface area contributed by atoms with Crippen LogP contribution in [0.1, 0.15) is 42.7 Å². The van der Waals surface area contributed by atoms with E-state index in [0.29, 0.717) is 5.56 Å². The van der Waals surface area contributed by atoms with Gasteiger partial charge in [0.1, 0.15) is 11.8 Å². The van der Waals surface area contributed by atoms with Gasteiger partial charge in [-0.05, 0) is 25.8 Å². The number of ether oxygens (including phenoxy) is 2. The zero-order chi connectivity index (χ0) is 22.2. The van der Waals surface area contributed by atoms with E-state index in [9.17, 15) is 18.4 Å². The molecule has 0 spiro atoms. The topological polar surface area (TPSA) is 116 Å². The Labute approximate surface area is 171 Å². The van der Waals surface area contributed by atoms with Crippen molar-refractivity contribution >= 4 is 17.6 Å². The molecule has 2 heterocycles. The monoisotopic (exact) mass is 420 g/mol. The number of benzene rings is 1. The first-order valence-electron chi connectivity index (χ1n) is 9.19. The molecule has 1 aromatic heterocycles. The largest absolute Gasteiger partial charge is 0.493 e. The second kappa shape index (κ2) is 7.94. The van der Waals surface area contributed by atoms with Crippen LogP contribution in [0.5, 0.6) is 5.75 Å². The predicted molar refractivity (Wildman–Crippen MR) is 103 cm³/mol. The summed E-state index contributed by atoms with van der Waals surface area (Å²) in [6, 6.07) is 2.37. The normalized spacial score (nSPS) is 22.5. The first-order chi connectivity index (χ1) is 14.1. The number of hydrogen-bond acceptors (Lipinski definition) is 6.